The van der Waals surface area contributed by atoms with E-state index in [1.165, 1.54) is 18.9 Å². The van der Waals surface area contributed by atoms with E-state index in [9.17, 15) is 13.2 Å². The molecule has 1 N–H and O–H groups in total. The predicted molar refractivity (Wildman–Crippen MR) is 83.2 cm³/mol. The number of nitrogens with one attached hydrogen (secondary N) is 1. The van der Waals surface area contributed by atoms with Gasteiger partial charge in [0.15, 0.2) is 9.84 Å². The Labute approximate surface area is 126 Å². The fourth-order valence-corrected chi connectivity index (χ4v) is 3.61. The Morgan fingerprint density at radius 2 is 1.90 bits per heavy atom. The van der Waals surface area contributed by atoms with Crippen LogP contribution in [-0.4, -0.2) is 39.2 Å². The van der Waals surface area contributed by atoms with Crippen LogP contribution in [0.25, 0.3) is 0 Å². The van der Waals surface area contributed by atoms with Gasteiger partial charge in [0.25, 0.3) is 0 Å². The van der Waals surface area contributed by atoms with E-state index >= 15 is 0 Å². The van der Waals surface area contributed by atoms with Gasteiger partial charge in [-0.05, 0) is 30.9 Å². The molecule has 1 aliphatic carbocycles. The highest BCUT2D eigenvalue weighted by atomic mass is 32.2. The van der Waals surface area contributed by atoms with Crippen LogP contribution < -0.4 is 5.32 Å². The summed E-state index contributed by atoms with van der Waals surface area (Å²) in [6, 6.07) is 6.20. The molecule has 5 nitrogen and oxygen atoms in total. The van der Waals surface area contributed by atoms with Gasteiger partial charge in [-0.2, -0.15) is 0 Å². The summed E-state index contributed by atoms with van der Waals surface area (Å²) in [4.78, 5) is 14.0. The summed E-state index contributed by atoms with van der Waals surface area (Å²) >= 11 is 0. The van der Waals surface area contributed by atoms with E-state index in [-0.39, 0.29) is 10.9 Å². The Morgan fingerprint density at radius 3 is 2.52 bits per heavy atom. The first-order valence-corrected chi connectivity index (χ1v) is 9.08. The van der Waals surface area contributed by atoms with Gasteiger partial charge in [0.2, 0.25) is 0 Å². The summed E-state index contributed by atoms with van der Waals surface area (Å²) in [7, 11) is -1.61. The Balaban J connectivity index is 2.05. The molecule has 0 radical (unpaired) electrons. The van der Waals surface area contributed by atoms with Gasteiger partial charge in [-0.3, -0.25) is 0 Å². The molecule has 2 rings (SSSR count). The maximum Gasteiger partial charge on any atom is 0.321 e. The van der Waals surface area contributed by atoms with Crippen molar-refractivity contribution in [2.45, 2.75) is 30.6 Å². The molecule has 0 aromatic heterocycles. The average molecular weight is 310 g/mol. The lowest BCUT2D eigenvalue weighted by molar-refractivity contribution is 0.214. The summed E-state index contributed by atoms with van der Waals surface area (Å²) < 4.78 is 23.4. The third-order valence-electron chi connectivity index (χ3n) is 3.88. The summed E-state index contributed by atoms with van der Waals surface area (Å²) in [5, 5.41) is 2.70. The van der Waals surface area contributed by atoms with Crippen molar-refractivity contribution in [3.05, 3.63) is 24.3 Å². The number of benzene rings is 1. The maximum absolute atomic E-state index is 12.2. The van der Waals surface area contributed by atoms with E-state index in [1.807, 2.05) is 0 Å². The second-order valence-electron chi connectivity index (χ2n) is 5.73. The van der Waals surface area contributed by atoms with E-state index in [1.54, 1.807) is 30.1 Å². The molecule has 0 atom stereocenters. The minimum Gasteiger partial charge on any atom is -0.327 e. The van der Waals surface area contributed by atoms with E-state index in [0.29, 0.717) is 18.2 Å². The van der Waals surface area contributed by atoms with Gasteiger partial charge in [-0.25, -0.2) is 13.2 Å². The van der Waals surface area contributed by atoms with E-state index in [0.717, 1.165) is 19.1 Å². The average Bonchev–Trinajstić information content (AvgIpc) is 2.91. The summed E-state index contributed by atoms with van der Waals surface area (Å²) in [5.41, 5.74) is 0.336. The van der Waals surface area contributed by atoms with Crippen molar-refractivity contribution in [3.8, 4) is 0 Å². The van der Waals surface area contributed by atoms with Crippen LogP contribution in [0.15, 0.2) is 29.2 Å². The molecule has 2 amide bonds. The lowest BCUT2D eigenvalue weighted by Gasteiger charge is -2.22. The summed E-state index contributed by atoms with van der Waals surface area (Å²) in [6.07, 6.45) is 5.93. The fraction of sp³-hybridized carbons (Fsp3) is 0.533. The lowest BCUT2D eigenvalue weighted by Crippen LogP contribution is -2.35. The molecule has 0 saturated heterocycles. The number of urea groups is 1. The van der Waals surface area contributed by atoms with Gasteiger partial charge in [0, 0.05) is 19.8 Å². The molecular weight excluding hydrogens is 288 g/mol. The van der Waals surface area contributed by atoms with Crippen molar-refractivity contribution in [3.63, 3.8) is 0 Å². The molecule has 0 unspecified atom stereocenters. The number of para-hydroxylation sites is 1. The molecule has 1 aromatic rings. The van der Waals surface area contributed by atoms with Crippen LogP contribution in [0.1, 0.15) is 25.7 Å². The quantitative estimate of drug-likeness (QED) is 0.930. The first kappa shape index (κ1) is 15.8. The van der Waals surface area contributed by atoms with E-state index in [4.69, 9.17) is 0 Å². The molecule has 0 aliphatic heterocycles. The zero-order valence-electron chi connectivity index (χ0n) is 12.5. The number of amides is 2. The van der Waals surface area contributed by atoms with Crippen LogP contribution in [0, 0.1) is 5.92 Å². The van der Waals surface area contributed by atoms with Crippen molar-refractivity contribution >= 4 is 21.6 Å². The number of nitrogens with zero attached hydrogens (tertiary/aromatic N) is 1. The number of rotatable bonds is 4. The largest absolute Gasteiger partial charge is 0.327 e. The molecule has 1 fully saturated rings. The number of carbonyl (C=O) groups is 1. The van der Waals surface area contributed by atoms with Crippen LogP contribution in [-0.2, 0) is 9.84 Å². The number of anilines is 1. The van der Waals surface area contributed by atoms with Crippen LogP contribution in [0.4, 0.5) is 10.5 Å². The highest BCUT2D eigenvalue weighted by Crippen LogP contribution is 2.26. The van der Waals surface area contributed by atoms with Crippen molar-refractivity contribution in [2.24, 2.45) is 5.92 Å². The monoisotopic (exact) mass is 310 g/mol. The third-order valence-corrected chi connectivity index (χ3v) is 5.04. The Morgan fingerprint density at radius 1 is 1.29 bits per heavy atom. The molecule has 0 bridgehead atoms. The van der Waals surface area contributed by atoms with Crippen LogP contribution in [0.5, 0.6) is 0 Å². The normalized spacial score (nSPS) is 15.9. The highest BCUT2D eigenvalue weighted by Gasteiger charge is 2.21. The molecule has 1 saturated carbocycles. The van der Waals surface area contributed by atoms with Crippen molar-refractivity contribution < 1.29 is 13.2 Å². The topological polar surface area (TPSA) is 66.5 Å². The van der Waals surface area contributed by atoms with Crippen molar-refractivity contribution in [1.29, 1.82) is 0 Å². The number of carbonyl (C=O) groups excluding carboxylic acids is 1. The highest BCUT2D eigenvalue weighted by molar-refractivity contribution is 7.90. The van der Waals surface area contributed by atoms with Gasteiger partial charge in [0.05, 0.1) is 10.6 Å². The van der Waals surface area contributed by atoms with E-state index in [2.05, 4.69) is 5.32 Å². The Kier molecular flexibility index (Phi) is 4.88. The second-order valence-corrected chi connectivity index (χ2v) is 7.71. The van der Waals surface area contributed by atoms with Crippen LogP contribution in [0.2, 0.25) is 0 Å². The molecule has 116 valence electrons. The number of sulfone groups is 1. The summed E-state index contributed by atoms with van der Waals surface area (Å²) in [6.45, 7) is 0.715. The van der Waals surface area contributed by atoms with Crippen LogP contribution >= 0.6 is 0 Å². The van der Waals surface area contributed by atoms with Gasteiger partial charge in [0.1, 0.15) is 0 Å². The molecule has 0 heterocycles. The molecule has 0 spiro atoms. The first-order chi connectivity index (χ1) is 9.88. The zero-order valence-corrected chi connectivity index (χ0v) is 13.3. The zero-order chi connectivity index (χ0) is 15.5. The Hall–Kier alpha value is -1.56. The number of hydrogen-bond donors (Lipinski definition) is 1. The van der Waals surface area contributed by atoms with Gasteiger partial charge in [-0.1, -0.05) is 25.0 Å². The predicted octanol–water partition coefficient (Wildman–Crippen LogP) is 2.74. The minimum atomic E-state index is -3.36. The SMILES string of the molecule is CN(CC1CCCC1)C(=O)Nc1ccccc1S(C)(=O)=O. The van der Waals surface area contributed by atoms with Gasteiger partial charge < -0.3 is 10.2 Å². The Bertz CT molecular complexity index is 607. The van der Waals surface area contributed by atoms with Crippen molar-refractivity contribution in [1.82, 2.24) is 4.90 Å². The molecule has 21 heavy (non-hydrogen) atoms. The standard InChI is InChI=1S/C15H22N2O3S/c1-17(11-12-7-3-4-8-12)15(18)16-13-9-5-6-10-14(13)21(2,19)20/h5-6,9-10,12H,3-4,7-8,11H2,1-2H3,(H,16,18). The smallest absolute Gasteiger partial charge is 0.321 e. The molecule has 6 heteroatoms. The van der Waals surface area contributed by atoms with Crippen LogP contribution in [0.3, 0.4) is 0 Å². The van der Waals surface area contributed by atoms with Crippen molar-refractivity contribution in [2.75, 3.05) is 25.2 Å². The van der Waals surface area contributed by atoms with Gasteiger partial charge >= 0.3 is 6.03 Å². The third kappa shape index (κ3) is 4.20. The summed E-state index contributed by atoms with van der Waals surface area (Å²) in [5.74, 6) is 0.561. The fourth-order valence-electron chi connectivity index (χ4n) is 2.77. The van der Waals surface area contributed by atoms with E-state index < -0.39 is 9.84 Å². The minimum absolute atomic E-state index is 0.146. The lowest BCUT2D eigenvalue weighted by atomic mass is 10.1. The first-order valence-electron chi connectivity index (χ1n) is 7.19. The van der Waals surface area contributed by atoms with Gasteiger partial charge in [-0.15, -0.1) is 0 Å². The maximum atomic E-state index is 12.2. The molecule has 1 aliphatic rings. The number of hydrogen-bond acceptors (Lipinski definition) is 3. The molecular formula is C15H22N2O3S. The second kappa shape index (κ2) is 6.47. The molecule has 1 aromatic carbocycles.